The van der Waals surface area contributed by atoms with E-state index in [9.17, 15) is 9.59 Å². The first-order chi connectivity index (χ1) is 8.41. The number of hydrogen-bond donors (Lipinski definition) is 1. The predicted molar refractivity (Wildman–Crippen MR) is 73.3 cm³/mol. The molecule has 0 aliphatic carbocycles. The summed E-state index contributed by atoms with van der Waals surface area (Å²) in [6.07, 6.45) is 1.74. The molecule has 1 rings (SSSR count). The Morgan fingerprint density at radius 1 is 1.39 bits per heavy atom. The Kier molecular flexibility index (Phi) is 5.62. The molecular weight excluding hydrogens is 254 g/mol. The van der Waals surface area contributed by atoms with Crippen molar-refractivity contribution in [1.29, 1.82) is 0 Å². The number of nitrogens with zero attached hydrogens (tertiary/aromatic N) is 2. The van der Waals surface area contributed by atoms with Crippen LogP contribution < -0.4 is 11.2 Å². The zero-order valence-corrected chi connectivity index (χ0v) is 11.8. The average Bonchev–Trinajstić information content (AvgIpc) is 2.26. The van der Waals surface area contributed by atoms with E-state index in [1.807, 2.05) is 0 Å². The van der Waals surface area contributed by atoms with Gasteiger partial charge in [0, 0.05) is 18.7 Å². The van der Waals surface area contributed by atoms with Gasteiger partial charge in [0.05, 0.1) is 0 Å². The highest BCUT2D eigenvalue weighted by Crippen LogP contribution is 1.99. The van der Waals surface area contributed by atoms with E-state index in [-0.39, 0.29) is 10.7 Å². The van der Waals surface area contributed by atoms with Crippen LogP contribution in [0.15, 0.2) is 15.7 Å². The third-order valence-electron chi connectivity index (χ3n) is 3.01. The molecule has 0 aliphatic rings. The first-order valence-corrected chi connectivity index (χ1v) is 6.49. The molecular formula is C12H20ClN3O2. The molecule has 0 aromatic carbocycles. The van der Waals surface area contributed by atoms with Crippen LogP contribution in [-0.4, -0.2) is 34.1 Å². The van der Waals surface area contributed by atoms with Crippen molar-refractivity contribution in [2.75, 3.05) is 13.6 Å². The maximum absolute atomic E-state index is 11.5. The maximum Gasteiger partial charge on any atom is 0.329 e. The van der Waals surface area contributed by atoms with E-state index in [2.05, 4.69) is 30.8 Å². The van der Waals surface area contributed by atoms with Crippen molar-refractivity contribution in [3.8, 4) is 0 Å². The Morgan fingerprint density at radius 3 is 2.61 bits per heavy atom. The number of aromatic amines is 1. The van der Waals surface area contributed by atoms with Crippen LogP contribution in [0, 0.1) is 0 Å². The summed E-state index contributed by atoms with van der Waals surface area (Å²) in [5, 5.41) is 0.0841. The van der Waals surface area contributed by atoms with Gasteiger partial charge in [-0.1, -0.05) is 11.6 Å². The molecule has 1 heterocycles. The van der Waals surface area contributed by atoms with E-state index < -0.39 is 5.69 Å². The summed E-state index contributed by atoms with van der Waals surface area (Å²) in [7, 11) is 2.06. The second-order valence-electron chi connectivity index (χ2n) is 4.69. The van der Waals surface area contributed by atoms with Crippen molar-refractivity contribution >= 4 is 11.6 Å². The van der Waals surface area contributed by atoms with E-state index >= 15 is 0 Å². The van der Waals surface area contributed by atoms with Gasteiger partial charge in [-0.2, -0.15) is 0 Å². The molecule has 0 fully saturated rings. The lowest BCUT2D eigenvalue weighted by atomic mass is 10.2. The molecule has 0 amide bonds. The summed E-state index contributed by atoms with van der Waals surface area (Å²) in [5.41, 5.74) is -0.786. The normalized spacial score (nSPS) is 11.4. The summed E-state index contributed by atoms with van der Waals surface area (Å²) in [6.45, 7) is 5.65. The minimum absolute atomic E-state index is 0.0841. The van der Waals surface area contributed by atoms with Crippen molar-refractivity contribution in [3.63, 3.8) is 0 Å². The first kappa shape index (κ1) is 15.0. The van der Waals surface area contributed by atoms with Gasteiger partial charge in [-0.3, -0.25) is 14.3 Å². The summed E-state index contributed by atoms with van der Waals surface area (Å²) < 4.78 is 1.18. The molecule has 1 N–H and O–H groups in total. The van der Waals surface area contributed by atoms with Crippen molar-refractivity contribution in [3.05, 3.63) is 32.1 Å². The van der Waals surface area contributed by atoms with Crippen LogP contribution in [0.1, 0.15) is 26.7 Å². The Bertz CT molecular complexity index is 462. The molecule has 0 bridgehead atoms. The number of nitrogens with one attached hydrogen (secondary N) is 1. The zero-order valence-electron chi connectivity index (χ0n) is 11.1. The largest absolute Gasteiger partial charge is 0.329 e. The SMILES string of the molecule is CC(C)N(C)CCCCn1c(=O)cc(Cl)[nH]c1=O. The lowest BCUT2D eigenvalue weighted by molar-refractivity contribution is 0.266. The van der Waals surface area contributed by atoms with Crippen molar-refractivity contribution < 1.29 is 0 Å². The first-order valence-electron chi connectivity index (χ1n) is 6.11. The van der Waals surface area contributed by atoms with Gasteiger partial charge in [-0.15, -0.1) is 0 Å². The van der Waals surface area contributed by atoms with Gasteiger partial charge in [-0.25, -0.2) is 4.79 Å². The Hall–Kier alpha value is -1.07. The molecule has 1 aromatic heterocycles. The second kappa shape index (κ2) is 6.75. The average molecular weight is 274 g/mol. The van der Waals surface area contributed by atoms with E-state index in [1.165, 1.54) is 10.6 Å². The van der Waals surface area contributed by atoms with Gasteiger partial charge < -0.3 is 4.90 Å². The molecule has 0 saturated heterocycles. The van der Waals surface area contributed by atoms with Crippen LogP contribution in [0.3, 0.4) is 0 Å². The molecule has 1 aromatic rings. The van der Waals surface area contributed by atoms with Gasteiger partial charge in [0.1, 0.15) is 5.15 Å². The monoisotopic (exact) mass is 273 g/mol. The minimum atomic E-state index is -0.440. The highest BCUT2D eigenvalue weighted by molar-refractivity contribution is 6.29. The van der Waals surface area contributed by atoms with Gasteiger partial charge in [0.25, 0.3) is 5.56 Å². The van der Waals surface area contributed by atoms with Crippen LogP contribution in [0.5, 0.6) is 0 Å². The van der Waals surface area contributed by atoms with Crippen molar-refractivity contribution in [2.45, 2.75) is 39.3 Å². The highest BCUT2D eigenvalue weighted by Gasteiger charge is 2.05. The van der Waals surface area contributed by atoms with Crippen LogP contribution in [-0.2, 0) is 6.54 Å². The van der Waals surface area contributed by atoms with Gasteiger partial charge >= 0.3 is 5.69 Å². The van der Waals surface area contributed by atoms with Crippen molar-refractivity contribution in [1.82, 2.24) is 14.5 Å². The predicted octanol–water partition coefficient (Wildman–Crippen LogP) is 1.31. The molecule has 0 saturated carbocycles. The van der Waals surface area contributed by atoms with Crippen LogP contribution in [0.4, 0.5) is 0 Å². The molecule has 5 nitrogen and oxygen atoms in total. The fourth-order valence-corrected chi connectivity index (χ4v) is 1.77. The standard InChI is InChI=1S/C12H20ClN3O2/c1-9(2)15(3)6-4-5-7-16-11(17)8-10(13)14-12(16)18/h8-9H,4-7H2,1-3H3,(H,14,18). The summed E-state index contributed by atoms with van der Waals surface area (Å²) in [5.74, 6) is 0. The lowest BCUT2D eigenvalue weighted by Gasteiger charge is -2.20. The topological polar surface area (TPSA) is 58.1 Å². The van der Waals surface area contributed by atoms with Gasteiger partial charge in [0.15, 0.2) is 0 Å². The molecule has 0 radical (unpaired) electrons. The molecule has 18 heavy (non-hydrogen) atoms. The van der Waals surface area contributed by atoms with Gasteiger partial charge in [0.2, 0.25) is 0 Å². The van der Waals surface area contributed by atoms with Crippen molar-refractivity contribution in [2.24, 2.45) is 0 Å². The van der Waals surface area contributed by atoms with E-state index in [4.69, 9.17) is 11.6 Å². The van der Waals surface area contributed by atoms with Crippen LogP contribution in [0.2, 0.25) is 5.15 Å². The number of hydrogen-bond acceptors (Lipinski definition) is 3. The number of H-pyrrole nitrogens is 1. The number of rotatable bonds is 6. The second-order valence-corrected chi connectivity index (χ2v) is 5.10. The highest BCUT2D eigenvalue weighted by atomic mass is 35.5. The van der Waals surface area contributed by atoms with E-state index in [1.54, 1.807) is 0 Å². The summed E-state index contributed by atoms with van der Waals surface area (Å²) >= 11 is 5.58. The molecule has 6 heteroatoms. The minimum Gasteiger partial charge on any atom is -0.304 e. The molecule has 102 valence electrons. The Morgan fingerprint density at radius 2 is 2.06 bits per heavy atom. The maximum atomic E-state index is 11.5. The lowest BCUT2D eigenvalue weighted by Crippen LogP contribution is -2.34. The quantitative estimate of drug-likeness (QED) is 0.628. The number of unbranched alkanes of at least 4 members (excludes halogenated alkanes) is 1. The fraction of sp³-hybridized carbons (Fsp3) is 0.667. The molecule has 0 unspecified atom stereocenters. The van der Waals surface area contributed by atoms with Crippen LogP contribution in [0.25, 0.3) is 0 Å². The molecule has 0 aliphatic heterocycles. The van der Waals surface area contributed by atoms with Gasteiger partial charge in [-0.05, 0) is 40.3 Å². The van der Waals surface area contributed by atoms with E-state index in [0.29, 0.717) is 12.6 Å². The summed E-state index contributed by atoms with van der Waals surface area (Å²) in [4.78, 5) is 27.7. The third kappa shape index (κ3) is 4.31. The zero-order chi connectivity index (χ0) is 13.7. The molecule has 0 spiro atoms. The van der Waals surface area contributed by atoms with E-state index in [0.717, 1.165) is 19.4 Å². The number of aromatic nitrogens is 2. The third-order valence-corrected chi connectivity index (χ3v) is 3.22. The smallest absolute Gasteiger partial charge is 0.304 e. The number of halogens is 1. The Labute approximate surface area is 111 Å². The fourth-order valence-electron chi connectivity index (χ4n) is 1.59. The Balaban J connectivity index is 2.50. The molecule has 0 atom stereocenters. The summed E-state index contributed by atoms with van der Waals surface area (Å²) in [6, 6.07) is 1.73. The van der Waals surface area contributed by atoms with Crippen LogP contribution >= 0.6 is 11.6 Å².